The van der Waals surface area contributed by atoms with Crippen molar-refractivity contribution in [2.45, 2.75) is 0 Å². The van der Waals surface area contributed by atoms with Crippen molar-refractivity contribution in [3.63, 3.8) is 0 Å². The SMILES string of the molecule is CN(C(=O)c1ccc(O)c(Cl)c1)c1ccc(C(=O)O)cc1. The van der Waals surface area contributed by atoms with Gasteiger partial charge in [0.2, 0.25) is 0 Å². The van der Waals surface area contributed by atoms with E-state index in [9.17, 15) is 14.7 Å². The van der Waals surface area contributed by atoms with E-state index in [-0.39, 0.29) is 22.2 Å². The minimum atomic E-state index is -1.03. The van der Waals surface area contributed by atoms with E-state index >= 15 is 0 Å². The molecule has 2 aromatic rings. The van der Waals surface area contributed by atoms with Gasteiger partial charge < -0.3 is 15.1 Å². The molecule has 0 atom stereocenters. The summed E-state index contributed by atoms with van der Waals surface area (Å²) in [5, 5.41) is 18.3. The van der Waals surface area contributed by atoms with Gasteiger partial charge in [0, 0.05) is 18.3 Å². The molecule has 0 saturated carbocycles. The van der Waals surface area contributed by atoms with E-state index in [2.05, 4.69) is 0 Å². The molecule has 0 spiro atoms. The van der Waals surface area contributed by atoms with Crippen LogP contribution in [0.15, 0.2) is 42.5 Å². The highest BCUT2D eigenvalue weighted by Crippen LogP contribution is 2.25. The molecule has 21 heavy (non-hydrogen) atoms. The van der Waals surface area contributed by atoms with E-state index in [4.69, 9.17) is 16.7 Å². The summed E-state index contributed by atoms with van der Waals surface area (Å²) in [7, 11) is 1.57. The molecule has 0 radical (unpaired) electrons. The predicted octanol–water partition coefficient (Wildman–Crippen LogP) is 3.02. The Balaban J connectivity index is 2.25. The number of carboxylic acids is 1. The normalized spacial score (nSPS) is 10.2. The van der Waals surface area contributed by atoms with Crippen molar-refractivity contribution < 1.29 is 19.8 Å². The van der Waals surface area contributed by atoms with Crippen LogP contribution in [-0.4, -0.2) is 29.1 Å². The second-order valence-corrected chi connectivity index (χ2v) is 4.79. The Labute approximate surface area is 126 Å². The molecule has 0 unspecified atom stereocenters. The van der Waals surface area contributed by atoms with Crippen molar-refractivity contribution in [3.8, 4) is 5.75 Å². The number of hydrogen-bond acceptors (Lipinski definition) is 3. The number of benzene rings is 2. The molecule has 0 saturated heterocycles. The second kappa shape index (κ2) is 5.85. The minimum absolute atomic E-state index is 0.0930. The van der Waals surface area contributed by atoms with Gasteiger partial charge >= 0.3 is 5.97 Å². The third kappa shape index (κ3) is 3.14. The number of amides is 1. The van der Waals surface area contributed by atoms with Gasteiger partial charge in [-0.3, -0.25) is 4.79 Å². The van der Waals surface area contributed by atoms with Gasteiger partial charge in [-0.15, -0.1) is 0 Å². The Morgan fingerprint density at radius 3 is 2.14 bits per heavy atom. The van der Waals surface area contributed by atoms with Gasteiger partial charge in [0.1, 0.15) is 5.75 Å². The van der Waals surface area contributed by atoms with Gasteiger partial charge in [-0.05, 0) is 42.5 Å². The van der Waals surface area contributed by atoms with E-state index in [0.717, 1.165) is 0 Å². The number of halogens is 1. The Kier molecular flexibility index (Phi) is 4.14. The quantitative estimate of drug-likeness (QED) is 0.913. The van der Waals surface area contributed by atoms with E-state index < -0.39 is 5.97 Å². The Morgan fingerprint density at radius 1 is 1.05 bits per heavy atom. The fourth-order valence-electron chi connectivity index (χ4n) is 1.78. The van der Waals surface area contributed by atoms with Crippen molar-refractivity contribution in [2.75, 3.05) is 11.9 Å². The van der Waals surface area contributed by atoms with Crippen LogP contribution in [0, 0.1) is 0 Å². The fourth-order valence-corrected chi connectivity index (χ4v) is 1.96. The molecule has 1 amide bonds. The Morgan fingerprint density at radius 2 is 1.62 bits per heavy atom. The number of carbonyl (C=O) groups excluding carboxylic acids is 1. The molecular formula is C15H12ClNO4. The van der Waals surface area contributed by atoms with Crippen LogP contribution in [0.3, 0.4) is 0 Å². The lowest BCUT2D eigenvalue weighted by Crippen LogP contribution is -2.26. The van der Waals surface area contributed by atoms with E-state index in [1.807, 2.05) is 0 Å². The first kappa shape index (κ1) is 14.9. The molecule has 2 aromatic carbocycles. The van der Waals surface area contributed by atoms with Crippen molar-refractivity contribution in [3.05, 3.63) is 58.6 Å². The molecule has 2 rings (SSSR count). The van der Waals surface area contributed by atoms with Crippen LogP contribution in [0.5, 0.6) is 5.75 Å². The van der Waals surface area contributed by atoms with Crippen LogP contribution in [0.25, 0.3) is 0 Å². The number of carbonyl (C=O) groups is 2. The summed E-state index contributed by atoms with van der Waals surface area (Å²) in [4.78, 5) is 24.5. The lowest BCUT2D eigenvalue weighted by molar-refractivity contribution is 0.0696. The molecule has 0 bridgehead atoms. The molecule has 0 aliphatic carbocycles. The molecular weight excluding hydrogens is 294 g/mol. The van der Waals surface area contributed by atoms with Gasteiger partial charge in [-0.25, -0.2) is 4.79 Å². The first-order chi connectivity index (χ1) is 9.90. The van der Waals surface area contributed by atoms with Crippen LogP contribution in [0.4, 0.5) is 5.69 Å². The highest BCUT2D eigenvalue weighted by molar-refractivity contribution is 6.32. The maximum absolute atomic E-state index is 12.3. The number of phenolic OH excluding ortho intramolecular Hbond substituents is 1. The van der Waals surface area contributed by atoms with Gasteiger partial charge in [0.15, 0.2) is 0 Å². The average Bonchev–Trinajstić information content (AvgIpc) is 2.48. The average molecular weight is 306 g/mol. The number of anilines is 1. The third-order valence-electron chi connectivity index (χ3n) is 3.00. The summed E-state index contributed by atoms with van der Waals surface area (Å²) in [5.41, 5.74) is 1.02. The summed E-state index contributed by atoms with van der Waals surface area (Å²) >= 11 is 5.78. The van der Waals surface area contributed by atoms with E-state index in [1.165, 1.54) is 35.2 Å². The fraction of sp³-hybridized carbons (Fsp3) is 0.0667. The highest BCUT2D eigenvalue weighted by Gasteiger charge is 2.15. The van der Waals surface area contributed by atoms with Crippen LogP contribution >= 0.6 is 11.6 Å². The number of phenols is 1. The van der Waals surface area contributed by atoms with Crippen molar-refractivity contribution in [1.82, 2.24) is 0 Å². The van der Waals surface area contributed by atoms with Gasteiger partial charge in [0.25, 0.3) is 5.91 Å². The number of nitrogens with zero attached hydrogens (tertiary/aromatic N) is 1. The molecule has 0 aliphatic rings. The Hall–Kier alpha value is -2.53. The largest absolute Gasteiger partial charge is 0.506 e. The highest BCUT2D eigenvalue weighted by atomic mass is 35.5. The molecule has 108 valence electrons. The molecule has 0 aliphatic heterocycles. The van der Waals surface area contributed by atoms with Gasteiger partial charge in [-0.2, -0.15) is 0 Å². The zero-order valence-corrected chi connectivity index (χ0v) is 11.8. The summed E-state index contributed by atoms with van der Waals surface area (Å²) < 4.78 is 0. The molecule has 6 heteroatoms. The number of rotatable bonds is 3. The number of carboxylic acid groups (broad SMARTS) is 1. The summed E-state index contributed by atoms with van der Waals surface area (Å²) in [6.45, 7) is 0. The minimum Gasteiger partial charge on any atom is -0.506 e. The summed E-state index contributed by atoms with van der Waals surface area (Å²) in [5.74, 6) is -1.44. The zero-order valence-electron chi connectivity index (χ0n) is 11.1. The molecule has 0 aromatic heterocycles. The van der Waals surface area contributed by atoms with Gasteiger partial charge in [0.05, 0.1) is 10.6 Å². The van der Waals surface area contributed by atoms with E-state index in [0.29, 0.717) is 11.3 Å². The third-order valence-corrected chi connectivity index (χ3v) is 3.30. The van der Waals surface area contributed by atoms with E-state index in [1.54, 1.807) is 19.2 Å². The summed E-state index contributed by atoms with van der Waals surface area (Å²) in [6.07, 6.45) is 0. The lowest BCUT2D eigenvalue weighted by Gasteiger charge is -2.17. The maximum atomic E-state index is 12.3. The second-order valence-electron chi connectivity index (χ2n) is 4.38. The predicted molar refractivity (Wildman–Crippen MR) is 79.3 cm³/mol. The van der Waals surface area contributed by atoms with Crippen LogP contribution in [0.1, 0.15) is 20.7 Å². The van der Waals surface area contributed by atoms with Crippen LogP contribution in [0.2, 0.25) is 5.02 Å². The summed E-state index contributed by atoms with van der Waals surface area (Å²) in [6, 6.07) is 10.1. The molecule has 5 nitrogen and oxygen atoms in total. The first-order valence-corrected chi connectivity index (χ1v) is 6.38. The smallest absolute Gasteiger partial charge is 0.335 e. The Bertz CT molecular complexity index is 697. The topological polar surface area (TPSA) is 77.8 Å². The van der Waals surface area contributed by atoms with Crippen molar-refractivity contribution in [1.29, 1.82) is 0 Å². The standard InChI is InChI=1S/C15H12ClNO4/c1-17(11-5-2-9(3-6-11)15(20)21)14(19)10-4-7-13(18)12(16)8-10/h2-8,18H,1H3,(H,20,21). The van der Waals surface area contributed by atoms with Crippen molar-refractivity contribution >= 4 is 29.2 Å². The van der Waals surface area contributed by atoms with Crippen LogP contribution < -0.4 is 4.90 Å². The number of aromatic carboxylic acids is 1. The van der Waals surface area contributed by atoms with Crippen LogP contribution in [-0.2, 0) is 0 Å². The number of hydrogen-bond donors (Lipinski definition) is 2. The first-order valence-electron chi connectivity index (χ1n) is 6.00. The molecule has 0 fully saturated rings. The monoisotopic (exact) mass is 305 g/mol. The number of aromatic hydroxyl groups is 1. The van der Waals surface area contributed by atoms with Crippen molar-refractivity contribution in [2.24, 2.45) is 0 Å². The van der Waals surface area contributed by atoms with Gasteiger partial charge in [-0.1, -0.05) is 11.6 Å². The molecule has 0 heterocycles. The zero-order chi connectivity index (χ0) is 15.6. The maximum Gasteiger partial charge on any atom is 0.335 e. The lowest BCUT2D eigenvalue weighted by atomic mass is 10.1. The molecule has 2 N–H and O–H groups in total.